The molecule has 0 saturated heterocycles. The number of hydrogen-bond donors (Lipinski definition) is 3. The number of nitrogens with one attached hydrogen (secondary N) is 2. The number of hydrogen-bond acceptors (Lipinski definition) is 5. The number of urea groups is 1. The number of ether oxygens (including phenoxy) is 1. The van der Waals surface area contributed by atoms with Crippen molar-refractivity contribution in [1.82, 2.24) is 10.6 Å². The zero-order valence-corrected chi connectivity index (χ0v) is 12.9. The van der Waals surface area contributed by atoms with E-state index < -0.39 is 31.1 Å². The summed E-state index contributed by atoms with van der Waals surface area (Å²) in [5, 5.41) is 13.1. The molecule has 8 heteroatoms. The summed E-state index contributed by atoms with van der Waals surface area (Å²) in [4.78, 5) is 35.4. The van der Waals surface area contributed by atoms with E-state index in [2.05, 4.69) is 15.4 Å². The predicted octanol–water partition coefficient (Wildman–Crippen LogP) is 1.35. The summed E-state index contributed by atoms with van der Waals surface area (Å²) >= 11 is 1.64. The van der Waals surface area contributed by atoms with E-state index in [1.165, 1.54) is 0 Å². The van der Waals surface area contributed by atoms with E-state index in [0.29, 0.717) is 0 Å². The van der Waals surface area contributed by atoms with Crippen LogP contribution in [-0.4, -0.2) is 36.2 Å². The van der Waals surface area contributed by atoms with Gasteiger partial charge in [0.15, 0.2) is 0 Å². The molecule has 0 aliphatic carbocycles. The fourth-order valence-corrected chi connectivity index (χ4v) is 2.81. The number of amides is 3. The fourth-order valence-electron chi connectivity index (χ4n) is 1.78. The van der Waals surface area contributed by atoms with Crippen LogP contribution in [0.4, 0.5) is 4.79 Å². The van der Waals surface area contributed by atoms with Crippen LogP contribution >= 0.6 is 11.3 Å². The lowest BCUT2D eigenvalue weighted by molar-refractivity contribution is -0.143. The Morgan fingerprint density at radius 1 is 1.33 bits per heavy atom. The first-order chi connectivity index (χ1) is 9.79. The van der Waals surface area contributed by atoms with Gasteiger partial charge in [-0.3, -0.25) is 10.1 Å². The molecule has 21 heavy (non-hydrogen) atoms. The van der Waals surface area contributed by atoms with Crippen LogP contribution in [0.5, 0.6) is 0 Å². The predicted molar refractivity (Wildman–Crippen MR) is 77.3 cm³/mol. The molecule has 3 N–H and O–H groups in total. The normalized spacial score (nSPS) is 11.8. The first-order valence-corrected chi connectivity index (χ1v) is 7.08. The van der Waals surface area contributed by atoms with E-state index in [1.54, 1.807) is 11.3 Å². The lowest BCUT2D eigenvalue weighted by atomic mass is 10.1. The smallest absolute Gasteiger partial charge is 0.329 e. The number of carboxylic acid groups (broad SMARTS) is 1. The summed E-state index contributed by atoms with van der Waals surface area (Å²) in [7, 11) is 0. The van der Waals surface area contributed by atoms with E-state index in [9.17, 15) is 14.4 Å². The number of carbonyl (C=O) groups is 3. The molecule has 0 saturated carbocycles. The van der Waals surface area contributed by atoms with Gasteiger partial charge in [0.2, 0.25) is 0 Å². The zero-order chi connectivity index (χ0) is 16.0. The SMILES string of the molecule is Cc1cc(C(C)NC(=O)NC(=O)COCC(=O)O)c(C)s1. The molecule has 1 heterocycles. The maximum Gasteiger partial charge on any atom is 0.329 e. The van der Waals surface area contributed by atoms with Crippen molar-refractivity contribution in [3.8, 4) is 0 Å². The Kier molecular flexibility index (Phi) is 6.32. The number of aliphatic carboxylic acids is 1. The van der Waals surface area contributed by atoms with Gasteiger partial charge in [-0.05, 0) is 32.4 Å². The van der Waals surface area contributed by atoms with Crippen molar-refractivity contribution >= 4 is 29.2 Å². The molecule has 0 spiro atoms. The maximum absolute atomic E-state index is 11.6. The summed E-state index contributed by atoms with van der Waals surface area (Å²) in [6.07, 6.45) is 0. The standard InChI is InChI=1S/C13H18N2O5S/c1-7-4-10(9(3)21-7)8(2)14-13(19)15-11(16)5-20-6-12(17)18/h4,8H,5-6H2,1-3H3,(H,17,18)(H2,14,15,16,19). The summed E-state index contributed by atoms with van der Waals surface area (Å²) < 4.78 is 4.58. The lowest BCUT2D eigenvalue weighted by Gasteiger charge is -2.14. The third-order valence-corrected chi connectivity index (χ3v) is 3.59. The van der Waals surface area contributed by atoms with Crippen molar-refractivity contribution in [2.75, 3.05) is 13.2 Å². The topological polar surface area (TPSA) is 105 Å². The number of aryl methyl sites for hydroxylation is 2. The minimum absolute atomic E-state index is 0.234. The highest BCUT2D eigenvalue weighted by Gasteiger charge is 2.15. The van der Waals surface area contributed by atoms with Gasteiger partial charge in [-0.2, -0.15) is 0 Å². The van der Waals surface area contributed by atoms with Gasteiger partial charge in [-0.1, -0.05) is 0 Å². The molecule has 1 rings (SSSR count). The van der Waals surface area contributed by atoms with Crippen molar-refractivity contribution in [3.05, 3.63) is 21.4 Å². The molecule has 0 aliphatic rings. The van der Waals surface area contributed by atoms with Crippen LogP contribution in [0.15, 0.2) is 6.07 Å². The Hall–Kier alpha value is -1.93. The Morgan fingerprint density at radius 3 is 2.52 bits per heavy atom. The largest absolute Gasteiger partial charge is 0.480 e. The number of imide groups is 1. The second-order valence-electron chi connectivity index (χ2n) is 4.50. The number of carboxylic acids is 1. The minimum Gasteiger partial charge on any atom is -0.480 e. The molecule has 1 unspecified atom stereocenters. The van der Waals surface area contributed by atoms with E-state index in [-0.39, 0.29) is 6.04 Å². The first-order valence-electron chi connectivity index (χ1n) is 6.26. The van der Waals surface area contributed by atoms with Gasteiger partial charge < -0.3 is 15.2 Å². The molecule has 1 aromatic heterocycles. The Labute approximate surface area is 126 Å². The van der Waals surface area contributed by atoms with Gasteiger partial charge in [0, 0.05) is 9.75 Å². The fraction of sp³-hybridized carbons (Fsp3) is 0.462. The summed E-state index contributed by atoms with van der Waals surface area (Å²) in [6, 6.07) is 1.11. The van der Waals surface area contributed by atoms with Gasteiger partial charge in [0.1, 0.15) is 13.2 Å². The van der Waals surface area contributed by atoms with Crippen LogP contribution in [0.2, 0.25) is 0 Å². The molecule has 0 radical (unpaired) electrons. The minimum atomic E-state index is -1.18. The first kappa shape index (κ1) is 17.1. The van der Waals surface area contributed by atoms with E-state index in [0.717, 1.165) is 15.3 Å². The van der Waals surface area contributed by atoms with Crippen molar-refractivity contribution in [2.24, 2.45) is 0 Å². The average Bonchev–Trinajstić information content (AvgIpc) is 2.67. The van der Waals surface area contributed by atoms with E-state index in [4.69, 9.17) is 5.11 Å². The van der Waals surface area contributed by atoms with Crippen LogP contribution in [0.1, 0.15) is 28.3 Å². The second-order valence-corrected chi connectivity index (χ2v) is 5.96. The molecule has 0 fully saturated rings. The Morgan fingerprint density at radius 2 is 2.00 bits per heavy atom. The second kappa shape index (κ2) is 7.75. The molecule has 1 atom stereocenters. The molecular formula is C13H18N2O5S. The molecule has 0 aromatic carbocycles. The van der Waals surface area contributed by atoms with Gasteiger partial charge in [-0.25, -0.2) is 9.59 Å². The van der Waals surface area contributed by atoms with Gasteiger partial charge in [-0.15, -0.1) is 11.3 Å². The van der Waals surface area contributed by atoms with E-state index in [1.807, 2.05) is 26.8 Å². The lowest BCUT2D eigenvalue weighted by Crippen LogP contribution is -2.42. The van der Waals surface area contributed by atoms with E-state index >= 15 is 0 Å². The highest BCUT2D eigenvalue weighted by atomic mass is 32.1. The van der Waals surface area contributed by atoms with Crippen molar-refractivity contribution < 1.29 is 24.2 Å². The Bertz CT molecular complexity index is 541. The highest BCUT2D eigenvalue weighted by Crippen LogP contribution is 2.25. The summed E-state index contributed by atoms with van der Waals surface area (Å²) in [5.41, 5.74) is 1.00. The monoisotopic (exact) mass is 314 g/mol. The number of thiophene rings is 1. The molecule has 3 amide bonds. The zero-order valence-electron chi connectivity index (χ0n) is 12.1. The number of rotatable bonds is 6. The molecule has 1 aromatic rings. The molecule has 0 bridgehead atoms. The summed E-state index contributed by atoms with van der Waals surface area (Å²) in [5.74, 6) is -1.87. The summed E-state index contributed by atoms with van der Waals surface area (Å²) in [6.45, 7) is 4.70. The van der Waals surface area contributed by atoms with Crippen LogP contribution < -0.4 is 10.6 Å². The van der Waals surface area contributed by atoms with Crippen molar-refractivity contribution in [1.29, 1.82) is 0 Å². The Balaban J connectivity index is 2.41. The highest BCUT2D eigenvalue weighted by molar-refractivity contribution is 7.12. The van der Waals surface area contributed by atoms with Gasteiger partial charge in [0.25, 0.3) is 5.91 Å². The molecule has 7 nitrogen and oxygen atoms in total. The quantitative estimate of drug-likeness (QED) is 0.735. The maximum atomic E-state index is 11.6. The van der Waals surface area contributed by atoms with Crippen LogP contribution in [0, 0.1) is 13.8 Å². The average molecular weight is 314 g/mol. The van der Waals surface area contributed by atoms with Crippen LogP contribution in [0.25, 0.3) is 0 Å². The third-order valence-electron chi connectivity index (χ3n) is 2.61. The molecule has 116 valence electrons. The van der Waals surface area contributed by atoms with Gasteiger partial charge >= 0.3 is 12.0 Å². The van der Waals surface area contributed by atoms with Crippen LogP contribution in [-0.2, 0) is 14.3 Å². The van der Waals surface area contributed by atoms with Crippen molar-refractivity contribution in [3.63, 3.8) is 0 Å². The van der Waals surface area contributed by atoms with Crippen LogP contribution in [0.3, 0.4) is 0 Å². The number of carbonyl (C=O) groups excluding carboxylic acids is 2. The third kappa shape index (κ3) is 5.92. The van der Waals surface area contributed by atoms with Gasteiger partial charge in [0.05, 0.1) is 6.04 Å². The van der Waals surface area contributed by atoms with Crippen molar-refractivity contribution in [2.45, 2.75) is 26.8 Å². The molecular weight excluding hydrogens is 296 g/mol. The molecule has 0 aliphatic heterocycles.